The van der Waals surface area contributed by atoms with Gasteiger partial charge in [0, 0.05) is 37.6 Å². The Kier molecular flexibility index (Phi) is 15.7. The Balaban J connectivity index is 1.77. The fraction of sp³-hybridized carbons (Fsp3) is 0.739. The first kappa shape index (κ1) is 23.6. The van der Waals surface area contributed by atoms with Crippen LogP contribution >= 0.6 is 0 Å². The molecule has 0 N–H and O–H groups in total. The Morgan fingerprint density at radius 2 is 1.48 bits per heavy atom. The van der Waals surface area contributed by atoms with Crippen molar-refractivity contribution in [3.63, 3.8) is 0 Å². The number of carbonyl (C=O) groups excluding carboxylic acids is 1. The molecule has 0 aliphatic heterocycles. The molecule has 27 heavy (non-hydrogen) atoms. The van der Waals surface area contributed by atoms with Gasteiger partial charge in [0.1, 0.15) is 6.61 Å². The normalized spacial score (nSPS) is 10.9. The molecule has 4 nitrogen and oxygen atoms in total. The number of nitrogens with zero attached hydrogens (tertiary/aromatic N) is 1. The Labute approximate surface area is 166 Å². The van der Waals surface area contributed by atoms with Gasteiger partial charge in [-0.05, 0) is 25.8 Å². The van der Waals surface area contributed by atoms with Crippen LogP contribution in [0.2, 0.25) is 0 Å². The van der Waals surface area contributed by atoms with Crippen LogP contribution in [0.1, 0.15) is 96.0 Å². The second-order valence-electron chi connectivity index (χ2n) is 7.21. The van der Waals surface area contributed by atoms with Crippen molar-refractivity contribution < 1.29 is 14.3 Å². The molecule has 1 aromatic rings. The van der Waals surface area contributed by atoms with Gasteiger partial charge in [0.05, 0.1) is 0 Å². The summed E-state index contributed by atoms with van der Waals surface area (Å²) in [7, 11) is 0. The van der Waals surface area contributed by atoms with Crippen LogP contribution in [0.15, 0.2) is 24.5 Å². The first-order valence-electron chi connectivity index (χ1n) is 10.9. The van der Waals surface area contributed by atoms with Crippen molar-refractivity contribution >= 4 is 5.97 Å². The number of hydrogen-bond donors (Lipinski definition) is 0. The molecule has 154 valence electrons. The van der Waals surface area contributed by atoms with Gasteiger partial charge in [0.25, 0.3) is 0 Å². The number of esters is 1. The van der Waals surface area contributed by atoms with Crippen molar-refractivity contribution in [1.82, 2.24) is 4.98 Å². The van der Waals surface area contributed by atoms with Gasteiger partial charge in [-0.25, -0.2) is 0 Å². The lowest BCUT2D eigenvalue weighted by atomic mass is 10.0. The van der Waals surface area contributed by atoms with Gasteiger partial charge in [0.15, 0.2) is 0 Å². The maximum absolute atomic E-state index is 11.7. The summed E-state index contributed by atoms with van der Waals surface area (Å²) in [6.45, 7) is 4.16. The molecule has 0 radical (unpaired) electrons. The molecule has 0 aliphatic carbocycles. The van der Waals surface area contributed by atoms with E-state index < -0.39 is 0 Å². The Hall–Kier alpha value is -1.42. The number of ether oxygens (including phenoxy) is 2. The monoisotopic (exact) mass is 377 g/mol. The predicted octanol–water partition coefficient (Wildman–Crippen LogP) is 6.23. The van der Waals surface area contributed by atoms with Crippen molar-refractivity contribution in [1.29, 1.82) is 0 Å². The Morgan fingerprint density at radius 3 is 2.04 bits per heavy atom. The van der Waals surface area contributed by atoms with E-state index in [0.717, 1.165) is 31.6 Å². The minimum Gasteiger partial charge on any atom is -0.461 e. The van der Waals surface area contributed by atoms with E-state index in [9.17, 15) is 4.79 Å². The number of pyridine rings is 1. The summed E-state index contributed by atoms with van der Waals surface area (Å²) in [6, 6.07) is 3.77. The molecule has 0 bridgehead atoms. The summed E-state index contributed by atoms with van der Waals surface area (Å²) < 4.78 is 10.6. The van der Waals surface area contributed by atoms with Crippen LogP contribution in [0.25, 0.3) is 0 Å². The third-order valence-corrected chi connectivity index (χ3v) is 4.75. The molecule has 1 rings (SSSR count). The highest BCUT2D eigenvalue weighted by molar-refractivity contribution is 5.69. The molecule has 0 amide bonds. The average molecular weight is 378 g/mol. The molecule has 0 saturated carbocycles. The van der Waals surface area contributed by atoms with E-state index in [0.29, 0.717) is 13.0 Å². The zero-order valence-corrected chi connectivity index (χ0v) is 17.3. The van der Waals surface area contributed by atoms with Crippen LogP contribution in [-0.4, -0.2) is 24.2 Å². The van der Waals surface area contributed by atoms with Gasteiger partial charge >= 0.3 is 5.97 Å². The lowest BCUT2D eigenvalue weighted by Gasteiger charge is -2.05. The van der Waals surface area contributed by atoms with Gasteiger partial charge in [-0.3, -0.25) is 9.78 Å². The summed E-state index contributed by atoms with van der Waals surface area (Å²) in [4.78, 5) is 15.7. The van der Waals surface area contributed by atoms with E-state index >= 15 is 0 Å². The van der Waals surface area contributed by atoms with E-state index in [1.807, 2.05) is 12.1 Å². The van der Waals surface area contributed by atoms with Gasteiger partial charge in [-0.2, -0.15) is 0 Å². The first-order chi connectivity index (χ1) is 13.3. The maximum atomic E-state index is 11.7. The standard InChI is InChI=1S/C23H39NO3/c1-2-26-19-14-12-10-8-6-4-3-5-7-9-11-13-17-23(25)27-21-22-16-15-18-24-20-22/h15-16,18,20H,2-14,17,19,21H2,1H3. The minimum atomic E-state index is -0.0971. The van der Waals surface area contributed by atoms with E-state index in [2.05, 4.69) is 11.9 Å². The molecule has 0 fully saturated rings. The molecular formula is C23H39NO3. The fourth-order valence-electron chi connectivity index (χ4n) is 3.11. The van der Waals surface area contributed by atoms with Crippen molar-refractivity contribution in [2.75, 3.05) is 13.2 Å². The topological polar surface area (TPSA) is 48.4 Å². The molecule has 0 aliphatic rings. The minimum absolute atomic E-state index is 0.0971. The molecular weight excluding hydrogens is 338 g/mol. The van der Waals surface area contributed by atoms with E-state index in [1.165, 1.54) is 64.2 Å². The van der Waals surface area contributed by atoms with Crippen molar-refractivity contribution in [3.8, 4) is 0 Å². The molecule has 0 aromatic carbocycles. The van der Waals surface area contributed by atoms with Gasteiger partial charge in [-0.1, -0.05) is 70.3 Å². The lowest BCUT2D eigenvalue weighted by molar-refractivity contribution is -0.145. The van der Waals surface area contributed by atoms with Gasteiger partial charge in [0.2, 0.25) is 0 Å². The summed E-state index contributed by atoms with van der Waals surface area (Å²) >= 11 is 0. The summed E-state index contributed by atoms with van der Waals surface area (Å²) in [6.07, 6.45) is 19.2. The third kappa shape index (κ3) is 15.3. The second-order valence-corrected chi connectivity index (χ2v) is 7.21. The average Bonchev–Trinajstić information content (AvgIpc) is 2.70. The van der Waals surface area contributed by atoms with Crippen LogP contribution in [0.3, 0.4) is 0 Å². The summed E-state index contributed by atoms with van der Waals surface area (Å²) in [5, 5.41) is 0. The van der Waals surface area contributed by atoms with Crippen LogP contribution in [-0.2, 0) is 20.9 Å². The van der Waals surface area contributed by atoms with E-state index in [-0.39, 0.29) is 5.97 Å². The predicted molar refractivity (Wildman–Crippen MR) is 111 cm³/mol. The van der Waals surface area contributed by atoms with Gasteiger partial charge < -0.3 is 9.47 Å². The lowest BCUT2D eigenvalue weighted by Crippen LogP contribution is -2.04. The highest BCUT2D eigenvalue weighted by atomic mass is 16.5. The molecule has 1 aromatic heterocycles. The number of rotatable bonds is 18. The molecule has 0 atom stereocenters. The smallest absolute Gasteiger partial charge is 0.306 e. The van der Waals surface area contributed by atoms with Crippen molar-refractivity contribution in [2.24, 2.45) is 0 Å². The van der Waals surface area contributed by atoms with Crippen LogP contribution in [0, 0.1) is 0 Å². The molecule has 0 spiro atoms. The zero-order chi connectivity index (χ0) is 19.4. The SMILES string of the molecule is CCOCCCCCCCCCCCCCCC(=O)OCc1cccnc1. The third-order valence-electron chi connectivity index (χ3n) is 4.75. The van der Waals surface area contributed by atoms with Crippen LogP contribution in [0.4, 0.5) is 0 Å². The number of hydrogen-bond acceptors (Lipinski definition) is 4. The first-order valence-corrected chi connectivity index (χ1v) is 10.9. The zero-order valence-electron chi connectivity index (χ0n) is 17.3. The summed E-state index contributed by atoms with van der Waals surface area (Å²) in [5.74, 6) is -0.0971. The van der Waals surface area contributed by atoms with E-state index in [1.54, 1.807) is 12.4 Å². The molecule has 1 heterocycles. The quantitative estimate of drug-likeness (QED) is 0.225. The van der Waals surface area contributed by atoms with Crippen LogP contribution < -0.4 is 0 Å². The number of aromatic nitrogens is 1. The summed E-state index contributed by atoms with van der Waals surface area (Å²) in [5.41, 5.74) is 0.941. The Morgan fingerprint density at radius 1 is 0.889 bits per heavy atom. The van der Waals surface area contributed by atoms with Crippen molar-refractivity contribution in [2.45, 2.75) is 97.0 Å². The van der Waals surface area contributed by atoms with E-state index in [4.69, 9.17) is 9.47 Å². The van der Waals surface area contributed by atoms with Crippen molar-refractivity contribution in [3.05, 3.63) is 30.1 Å². The fourth-order valence-corrected chi connectivity index (χ4v) is 3.11. The van der Waals surface area contributed by atoms with Gasteiger partial charge in [-0.15, -0.1) is 0 Å². The largest absolute Gasteiger partial charge is 0.461 e. The maximum Gasteiger partial charge on any atom is 0.306 e. The molecule has 4 heteroatoms. The highest BCUT2D eigenvalue weighted by Gasteiger charge is 2.03. The number of carbonyl (C=O) groups is 1. The molecule has 0 saturated heterocycles. The highest BCUT2D eigenvalue weighted by Crippen LogP contribution is 2.13. The Bertz CT molecular complexity index is 450. The molecule has 0 unspecified atom stereocenters. The second kappa shape index (κ2) is 18.0. The van der Waals surface area contributed by atoms with Crippen LogP contribution in [0.5, 0.6) is 0 Å². The number of unbranched alkanes of at least 4 members (excludes halogenated alkanes) is 11.